The van der Waals surface area contributed by atoms with Crippen molar-refractivity contribution >= 4 is 15.5 Å². The molecular weight excluding hydrogens is 250 g/mol. The fourth-order valence-electron chi connectivity index (χ4n) is 2.15. The molecule has 0 unspecified atom stereocenters. The monoisotopic (exact) mass is 269 g/mol. The predicted molar refractivity (Wildman–Crippen MR) is 71.6 cm³/mol. The van der Waals surface area contributed by atoms with E-state index in [1.165, 1.54) is 0 Å². The van der Waals surface area contributed by atoms with Crippen molar-refractivity contribution in [2.24, 2.45) is 0 Å². The molecule has 1 aliphatic rings. The zero-order chi connectivity index (χ0) is 13.4. The van der Waals surface area contributed by atoms with E-state index in [4.69, 9.17) is 0 Å². The highest BCUT2D eigenvalue weighted by molar-refractivity contribution is 7.91. The fraction of sp³-hybridized carbons (Fsp3) is 0.538. The van der Waals surface area contributed by atoms with Crippen molar-refractivity contribution in [2.75, 3.05) is 17.7 Å². The number of nitrogens with one attached hydrogen (secondary N) is 1. The molecule has 4 nitrogen and oxygen atoms in total. The number of sulfone groups is 1. The Bertz CT molecular complexity index is 549. The van der Waals surface area contributed by atoms with E-state index in [1.54, 1.807) is 12.1 Å². The molecule has 18 heavy (non-hydrogen) atoms. The predicted octanol–water partition coefficient (Wildman–Crippen LogP) is 1.59. The first-order valence-electron chi connectivity index (χ1n) is 6.09. The van der Waals surface area contributed by atoms with E-state index in [0.29, 0.717) is 11.3 Å². The Kier molecular flexibility index (Phi) is 3.38. The maximum absolute atomic E-state index is 11.9. The highest BCUT2D eigenvalue weighted by atomic mass is 32.2. The molecule has 1 aromatic rings. The normalized spacial score (nSPS) is 18.2. The summed E-state index contributed by atoms with van der Waals surface area (Å²) in [5, 5.41) is 12.4. The molecule has 100 valence electrons. The van der Waals surface area contributed by atoms with Gasteiger partial charge in [0.2, 0.25) is 0 Å². The Morgan fingerprint density at radius 2 is 2.11 bits per heavy atom. The first-order valence-corrected chi connectivity index (χ1v) is 7.74. The number of aliphatic hydroxyl groups is 1. The number of fused-ring (bicyclic) bond motifs is 1. The highest BCUT2D eigenvalue weighted by Gasteiger charge is 2.24. The van der Waals surface area contributed by atoms with Crippen LogP contribution in [0.1, 0.15) is 25.8 Å². The Hall–Kier alpha value is -1.07. The number of hydrogen-bond donors (Lipinski definition) is 2. The fourth-order valence-corrected chi connectivity index (χ4v) is 3.73. The lowest BCUT2D eigenvalue weighted by Crippen LogP contribution is -2.35. The van der Waals surface area contributed by atoms with E-state index in [2.05, 4.69) is 5.32 Å². The van der Waals surface area contributed by atoms with Gasteiger partial charge in [0.15, 0.2) is 9.84 Å². The first kappa shape index (κ1) is 13.4. The second-order valence-corrected chi connectivity index (χ2v) is 7.49. The summed E-state index contributed by atoms with van der Waals surface area (Å²) in [6.07, 6.45) is 1.48. The van der Waals surface area contributed by atoms with Gasteiger partial charge < -0.3 is 10.4 Å². The summed E-state index contributed by atoms with van der Waals surface area (Å²) in [5.74, 6) is 0.245. The molecule has 0 spiro atoms. The van der Waals surface area contributed by atoms with Crippen LogP contribution in [0.2, 0.25) is 0 Å². The number of rotatable bonds is 3. The van der Waals surface area contributed by atoms with Gasteiger partial charge in [0.05, 0.1) is 22.8 Å². The number of aliphatic hydroxyl groups excluding tert-OH is 1. The summed E-state index contributed by atoms with van der Waals surface area (Å²) in [6.45, 7) is 3.80. The van der Waals surface area contributed by atoms with Crippen LogP contribution < -0.4 is 5.32 Å². The van der Waals surface area contributed by atoms with Gasteiger partial charge in [-0.1, -0.05) is 0 Å². The first-order chi connectivity index (χ1) is 8.34. The maximum atomic E-state index is 11.9. The van der Waals surface area contributed by atoms with Gasteiger partial charge in [0.25, 0.3) is 0 Å². The highest BCUT2D eigenvalue weighted by Crippen LogP contribution is 2.28. The van der Waals surface area contributed by atoms with Crippen LogP contribution in [0.4, 0.5) is 5.69 Å². The van der Waals surface area contributed by atoms with Gasteiger partial charge in [-0.3, -0.25) is 0 Å². The smallest absolute Gasteiger partial charge is 0.178 e. The third-order valence-electron chi connectivity index (χ3n) is 3.13. The Morgan fingerprint density at radius 1 is 1.39 bits per heavy atom. The summed E-state index contributed by atoms with van der Waals surface area (Å²) in [4.78, 5) is 0.459. The molecule has 0 amide bonds. The summed E-state index contributed by atoms with van der Waals surface area (Å²) >= 11 is 0. The van der Waals surface area contributed by atoms with E-state index in [-0.39, 0.29) is 12.4 Å². The van der Waals surface area contributed by atoms with Crippen LogP contribution >= 0.6 is 0 Å². The number of benzene rings is 1. The van der Waals surface area contributed by atoms with Gasteiger partial charge in [-0.2, -0.15) is 0 Å². The van der Waals surface area contributed by atoms with Crippen LogP contribution in [0.25, 0.3) is 0 Å². The molecule has 0 fully saturated rings. The van der Waals surface area contributed by atoms with Gasteiger partial charge in [-0.15, -0.1) is 0 Å². The minimum Gasteiger partial charge on any atom is -0.394 e. The second kappa shape index (κ2) is 4.55. The molecule has 0 aliphatic carbocycles. The Balaban J connectivity index is 2.34. The van der Waals surface area contributed by atoms with Gasteiger partial charge in [0.1, 0.15) is 0 Å². The lowest BCUT2D eigenvalue weighted by atomic mass is 10.0. The molecule has 0 radical (unpaired) electrons. The van der Waals surface area contributed by atoms with Crippen molar-refractivity contribution < 1.29 is 13.5 Å². The van der Waals surface area contributed by atoms with Gasteiger partial charge in [-0.05, 0) is 50.5 Å². The van der Waals surface area contributed by atoms with E-state index in [1.807, 2.05) is 19.9 Å². The SMILES string of the molecule is CC(C)(CO)Nc1ccc2c(c1)CCCS2(=O)=O. The van der Waals surface area contributed by atoms with Gasteiger partial charge in [-0.25, -0.2) is 8.42 Å². The van der Waals surface area contributed by atoms with Gasteiger partial charge >= 0.3 is 0 Å². The standard InChI is InChI=1S/C13H19NO3S/c1-13(2,9-15)14-11-5-6-12-10(8-11)4-3-7-18(12,16)17/h5-6,8,14-15H,3-4,7,9H2,1-2H3. The molecule has 1 aromatic carbocycles. The third-order valence-corrected chi connectivity index (χ3v) is 5.03. The quantitative estimate of drug-likeness (QED) is 0.874. The largest absolute Gasteiger partial charge is 0.394 e. The number of hydrogen-bond acceptors (Lipinski definition) is 4. The molecule has 1 aliphatic heterocycles. The lowest BCUT2D eigenvalue weighted by Gasteiger charge is -2.26. The van der Waals surface area contributed by atoms with Crippen molar-refractivity contribution in [3.05, 3.63) is 23.8 Å². The molecule has 0 atom stereocenters. The van der Waals surface area contributed by atoms with Crippen molar-refractivity contribution in [3.63, 3.8) is 0 Å². The van der Waals surface area contributed by atoms with Crippen molar-refractivity contribution in [1.82, 2.24) is 0 Å². The molecule has 0 saturated carbocycles. The molecule has 0 bridgehead atoms. The van der Waals surface area contributed by atoms with Crippen LogP contribution in [0, 0.1) is 0 Å². The molecule has 0 saturated heterocycles. The zero-order valence-electron chi connectivity index (χ0n) is 10.7. The van der Waals surface area contributed by atoms with Crippen LogP contribution in [0.5, 0.6) is 0 Å². The van der Waals surface area contributed by atoms with E-state index in [9.17, 15) is 13.5 Å². The number of aryl methyl sites for hydroxylation is 1. The van der Waals surface area contributed by atoms with E-state index < -0.39 is 15.4 Å². The molecular formula is C13H19NO3S. The van der Waals surface area contributed by atoms with Crippen LogP contribution in [0.3, 0.4) is 0 Å². The van der Waals surface area contributed by atoms with Crippen LogP contribution in [0.15, 0.2) is 23.1 Å². The van der Waals surface area contributed by atoms with Crippen molar-refractivity contribution in [3.8, 4) is 0 Å². The molecule has 0 aromatic heterocycles. The molecule has 2 rings (SSSR count). The third kappa shape index (κ3) is 2.67. The minimum absolute atomic E-state index is 0.0163. The van der Waals surface area contributed by atoms with Crippen LogP contribution in [-0.4, -0.2) is 31.4 Å². The van der Waals surface area contributed by atoms with E-state index >= 15 is 0 Å². The molecule has 5 heteroatoms. The summed E-state index contributed by atoms with van der Waals surface area (Å²) in [7, 11) is -3.09. The Labute approximate surface area is 108 Å². The Morgan fingerprint density at radius 3 is 2.78 bits per heavy atom. The molecule has 2 N–H and O–H groups in total. The summed E-state index contributed by atoms with van der Waals surface area (Å²) in [5.41, 5.74) is 1.31. The summed E-state index contributed by atoms with van der Waals surface area (Å²) < 4.78 is 23.7. The topological polar surface area (TPSA) is 66.4 Å². The maximum Gasteiger partial charge on any atom is 0.178 e. The van der Waals surface area contributed by atoms with Crippen molar-refractivity contribution in [1.29, 1.82) is 0 Å². The van der Waals surface area contributed by atoms with Crippen LogP contribution in [-0.2, 0) is 16.3 Å². The average molecular weight is 269 g/mol. The van der Waals surface area contributed by atoms with Gasteiger partial charge in [0, 0.05) is 5.69 Å². The summed E-state index contributed by atoms with van der Waals surface area (Å²) in [6, 6.07) is 5.31. The second-order valence-electron chi connectivity index (χ2n) is 5.41. The minimum atomic E-state index is -3.09. The average Bonchev–Trinajstić information content (AvgIpc) is 2.28. The zero-order valence-corrected chi connectivity index (χ0v) is 11.5. The lowest BCUT2D eigenvalue weighted by molar-refractivity contribution is 0.234. The number of anilines is 1. The van der Waals surface area contributed by atoms with E-state index in [0.717, 1.165) is 17.7 Å². The van der Waals surface area contributed by atoms with Crippen molar-refractivity contribution in [2.45, 2.75) is 37.1 Å². The molecule has 1 heterocycles.